The monoisotopic (exact) mass is 594 g/mol. The normalized spacial score (nSPS) is 22.9. The average molecular weight is 595 g/mol. The first kappa shape index (κ1) is 30.0. The molecule has 9 heteroatoms. The predicted molar refractivity (Wildman–Crippen MR) is 159 cm³/mol. The Hall–Kier alpha value is -3.52. The highest BCUT2D eigenvalue weighted by molar-refractivity contribution is 6.30. The van der Waals surface area contributed by atoms with Crippen molar-refractivity contribution in [2.45, 2.75) is 64.2 Å². The number of rotatable bonds is 8. The molecule has 1 aromatic carbocycles. The molecule has 1 N–H and O–H groups in total. The number of hydrogen-bond donors (Lipinski definition) is 1. The molecule has 8 nitrogen and oxygen atoms in total. The molecule has 1 fully saturated rings. The van der Waals surface area contributed by atoms with E-state index < -0.39 is 11.9 Å². The third kappa shape index (κ3) is 6.92. The van der Waals surface area contributed by atoms with E-state index in [4.69, 9.17) is 26.2 Å². The molecule has 0 saturated carbocycles. The summed E-state index contributed by atoms with van der Waals surface area (Å²) in [5.74, 6) is -0.294. The van der Waals surface area contributed by atoms with E-state index in [9.17, 15) is 14.4 Å². The Morgan fingerprint density at radius 3 is 2.55 bits per heavy atom. The van der Waals surface area contributed by atoms with Gasteiger partial charge in [0, 0.05) is 31.1 Å². The van der Waals surface area contributed by atoms with Crippen molar-refractivity contribution in [2.75, 3.05) is 26.2 Å². The number of carboxylic acid groups (broad SMARTS) is 1. The number of aliphatic carboxylic acids is 1. The number of halogens is 1. The van der Waals surface area contributed by atoms with Gasteiger partial charge in [-0.05, 0) is 72.8 Å². The van der Waals surface area contributed by atoms with E-state index in [-0.39, 0.29) is 49.1 Å². The van der Waals surface area contributed by atoms with Crippen LogP contribution >= 0.6 is 11.6 Å². The first-order valence-corrected chi connectivity index (χ1v) is 15.2. The highest BCUT2D eigenvalue weighted by atomic mass is 35.5. The Morgan fingerprint density at radius 1 is 1.12 bits per heavy atom. The number of nitrogens with zero attached hydrogens (tertiary/aromatic N) is 2. The number of piperidine rings is 1. The van der Waals surface area contributed by atoms with Crippen LogP contribution in [-0.2, 0) is 23.9 Å². The van der Waals surface area contributed by atoms with Gasteiger partial charge in [-0.15, -0.1) is 0 Å². The zero-order valence-corrected chi connectivity index (χ0v) is 25.0. The second kappa shape index (κ2) is 13.2. The van der Waals surface area contributed by atoms with Crippen LogP contribution < -0.4 is 0 Å². The lowest BCUT2D eigenvalue weighted by molar-refractivity contribution is -0.143. The highest BCUT2D eigenvalue weighted by Crippen LogP contribution is 2.42. The number of benzene rings is 1. The molecule has 3 aliphatic heterocycles. The maximum absolute atomic E-state index is 14.1. The molecular formula is C33H39ClN2O6. The molecule has 224 valence electrons. The summed E-state index contributed by atoms with van der Waals surface area (Å²) >= 11 is 6.50. The molecule has 5 rings (SSSR count). The first-order chi connectivity index (χ1) is 20.2. The molecule has 42 heavy (non-hydrogen) atoms. The second-order valence-corrected chi connectivity index (χ2v) is 12.5. The first-order valence-electron chi connectivity index (χ1n) is 14.9. The number of ether oxygens (including phenoxy) is 2. The van der Waals surface area contributed by atoms with Gasteiger partial charge >= 0.3 is 5.97 Å². The van der Waals surface area contributed by atoms with Crippen LogP contribution in [0.25, 0.3) is 0 Å². The molecule has 4 aliphatic rings. The lowest BCUT2D eigenvalue weighted by Gasteiger charge is -2.34. The summed E-state index contributed by atoms with van der Waals surface area (Å²) in [6.07, 6.45) is 13.2. The van der Waals surface area contributed by atoms with Crippen molar-refractivity contribution < 1.29 is 29.0 Å². The standard InChI is InChI=1S/C33H39ClN2O6/c1-21(2)14-27-25-9-8-24(34)16-26(25)28(30-20-41-29(19-42-30)23-6-4-3-5-7-23)17-36(33(27)40)18-31(37)35-12-10-22(11-13-35)15-32(38)39/h3-4,6,8-9,16,19-22,27-28H,5,7,10-15,17-18H2,1-2H3,(H,38,39). The third-order valence-corrected chi connectivity index (χ3v) is 8.79. The van der Waals surface area contributed by atoms with Crippen molar-refractivity contribution in [2.24, 2.45) is 11.8 Å². The van der Waals surface area contributed by atoms with Gasteiger partial charge in [-0.25, -0.2) is 0 Å². The van der Waals surface area contributed by atoms with E-state index in [1.807, 2.05) is 30.4 Å². The molecule has 2 unspecified atom stereocenters. The maximum atomic E-state index is 14.1. The predicted octanol–water partition coefficient (Wildman–Crippen LogP) is 6.11. The van der Waals surface area contributed by atoms with Gasteiger partial charge in [0.05, 0.1) is 18.4 Å². The minimum absolute atomic E-state index is 0.0519. The molecule has 2 amide bonds. The van der Waals surface area contributed by atoms with Gasteiger partial charge in [-0.3, -0.25) is 14.4 Å². The van der Waals surface area contributed by atoms with Gasteiger partial charge in [0.15, 0.2) is 5.76 Å². The van der Waals surface area contributed by atoms with Crippen molar-refractivity contribution in [3.05, 3.63) is 82.2 Å². The van der Waals surface area contributed by atoms with Gasteiger partial charge in [0.1, 0.15) is 18.3 Å². The highest BCUT2D eigenvalue weighted by Gasteiger charge is 2.39. The van der Waals surface area contributed by atoms with E-state index >= 15 is 0 Å². The summed E-state index contributed by atoms with van der Waals surface area (Å²) in [5, 5.41) is 9.70. The molecule has 3 heterocycles. The van der Waals surface area contributed by atoms with Crippen LogP contribution in [0.3, 0.4) is 0 Å². The summed E-state index contributed by atoms with van der Waals surface area (Å²) in [6, 6.07) is 5.64. The van der Waals surface area contributed by atoms with Crippen LogP contribution in [0.5, 0.6) is 0 Å². The quantitative estimate of drug-likeness (QED) is 0.390. The smallest absolute Gasteiger partial charge is 0.303 e. The van der Waals surface area contributed by atoms with E-state index in [1.54, 1.807) is 22.3 Å². The fourth-order valence-electron chi connectivity index (χ4n) is 6.33. The number of allylic oxidation sites excluding steroid dienone is 4. The maximum Gasteiger partial charge on any atom is 0.303 e. The summed E-state index contributed by atoms with van der Waals surface area (Å²) in [7, 11) is 0. The van der Waals surface area contributed by atoms with Gasteiger partial charge in [-0.2, -0.15) is 0 Å². The van der Waals surface area contributed by atoms with Crippen molar-refractivity contribution in [3.8, 4) is 0 Å². The topological polar surface area (TPSA) is 96.4 Å². The fraction of sp³-hybridized carbons (Fsp3) is 0.485. The molecule has 0 aromatic heterocycles. The molecule has 0 radical (unpaired) electrons. The van der Waals surface area contributed by atoms with Crippen molar-refractivity contribution in [3.63, 3.8) is 0 Å². The minimum atomic E-state index is -0.811. The van der Waals surface area contributed by atoms with Gasteiger partial charge in [0.25, 0.3) is 0 Å². The summed E-state index contributed by atoms with van der Waals surface area (Å²) in [6.45, 7) is 5.35. The Bertz CT molecular complexity index is 1340. The van der Waals surface area contributed by atoms with Crippen molar-refractivity contribution in [1.29, 1.82) is 0 Å². The zero-order valence-electron chi connectivity index (χ0n) is 24.3. The van der Waals surface area contributed by atoms with Crippen LogP contribution in [0.2, 0.25) is 5.02 Å². The number of fused-ring (bicyclic) bond motifs is 1. The Kier molecular flexibility index (Phi) is 9.41. The van der Waals surface area contributed by atoms with Crippen LogP contribution in [0.15, 0.2) is 66.0 Å². The lowest BCUT2D eigenvalue weighted by Crippen LogP contribution is -2.47. The van der Waals surface area contributed by atoms with Gasteiger partial charge < -0.3 is 24.4 Å². The average Bonchev–Trinajstić information content (AvgIpc) is 3.08. The molecule has 1 aliphatic carbocycles. The summed E-state index contributed by atoms with van der Waals surface area (Å²) in [4.78, 5) is 42.2. The molecular weight excluding hydrogens is 556 g/mol. The van der Waals surface area contributed by atoms with Gasteiger partial charge in [0.2, 0.25) is 11.8 Å². The number of amides is 2. The molecule has 0 spiro atoms. The Labute approximate surface area is 252 Å². The number of carbonyl (C=O) groups is 3. The van der Waals surface area contributed by atoms with Crippen molar-refractivity contribution >= 4 is 29.4 Å². The molecule has 1 saturated heterocycles. The summed E-state index contributed by atoms with van der Waals surface area (Å²) < 4.78 is 12.2. The number of carbonyl (C=O) groups excluding carboxylic acids is 2. The number of carboxylic acids is 1. The van der Waals surface area contributed by atoms with E-state index in [1.165, 1.54) is 0 Å². The lowest BCUT2D eigenvalue weighted by atomic mass is 9.84. The SMILES string of the molecule is CC(C)CC1C(=O)N(CC(=O)N2CCC(CC(=O)O)CC2)CC(C2=COC(C3=CC=CCC3)=CO2)c2cc(Cl)ccc21. The van der Waals surface area contributed by atoms with Crippen molar-refractivity contribution in [1.82, 2.24) is 9.80 Å². The Morgan fingerprint density at radius 2 is 1.90 bits per heavy atom. The third-order valence-electron chi connectivity index (χ3n) is 8.55. The van der Waals surface area contributed by atoms with Crippen LogP contribution in [0.4, 0.5) is 0 Å². The Balaban J connectivity index is 1.41. The molecule has 2 atom stereocenters. The largest absolute Gasteiger partial charge is 0.481 e. The number of hydrogen-bond acceptors (Lipinski definition) is 5. The van der Waals surface area contributed by atoms with Crippen LogP contribution in [-0.4, -0.2) is 58.9 Å². The second-order valence-electron chi connectivity index (χ2n) is 12.0. The van der Waals surface area contributed by atoms with E-state index in [2.05, 4.69) is 19.9 Å². The molecule has 0 bridgehead atoms. The minimum Gasteiger partial charge on any atom is -0.481 e. The van der Waals surface area contributed by atoms with Gasteiger partial charge in [-0.1, -0.05) is 49.7 Å². The summed E-state index contributed by atoms with van der Waals surface area (Å²) in [5.41, 5.74) is 2.85. The zero-order chi connectivity index (χ0) is 29.8. The fourth-order valence-corrected chi connectivity index (χ4v) is 6.51. The van der Waals surface area contributed by atoms with E-state index in [0.717, 1.165) is 29.5 Å². The van der Waals surface area contributed by atoms with Crippen LogP contribution in [0.1, 0.15) is 75.3 Å². The van der Waals surface area contributed by atoms with E-state index in [0.29, 0.717) is 48.9 Å². The molecule has 1 aromatic rings. The number of likely N-dealkylation sites (tertiary alicyclic amines) is 1. The van der Waals surface area contributed by atoms with Crippen LogP contribution in [0, 0.1) is 11.8 Å².